The molecule has 84 valence electrons. The van der Waals surface area contributed by atoms with E-state index in [1.165, 1.54) is 24.4 Å². The molecule has 0 aliphatic carbocycles. The Balaban J connectivity index is 2.79. The van der Waals surface area contributed by atoms with Crippen LogP contribution in [0.3, 0.4) is 0 Å². The zero-order valence-corrected chi connectivity index (χ0v) is 8.12. The van der Waals surface area contributed by atoms with E-state index in [-0.39, 0.29) is 17.7 Å². The molecule has 1 heterocycles. The summed E-state index contributed by atoms with van der Waals surface area (Å²) < 4.78 is 38.0. The zero-order chi connectivity index (χ0) is 11.8. The molecular formula is C11H8F3NO. The summed E-state index contributed by atoms with van der Waals surface area (Å²) in [5.41, 5.74) is -0.453. The lowest BCUT2D eigenvalue weighted by Gasteiger charge is -2.11. The van der Waals surface area contributed by atoms with Gasteiger partial charge in [0, 0.05) is 11.6 Å². The van der Waals surface area contributed by atoms with Gasteiger partial charge in [0.25, 0.3) is 0 Å². The molecule has 0 unspecified atom stereocenters. The molecule has 16 heavy (non-hydrogen) atoms. The molecule has 0 aliphatic rings. The Morgan fingerprint density at radius 1 is 1.12 bits per heavy atom. The van der Waals surface area contributed by atoms with Gasteiger partial charge < -0.3 is 5.11 Å². The highest BCUT2D eigenvalue weighted by Gasteiger charge is 2.32. The molecule has 0 saturated carbocycles. The molecular weight excluding hydrogens is 219 g/mol. The molecule has 1 aromatic carbocycles. The third-order valence-electron chi connectivity index (χ3n) is 2.34. The largest absolute Gasteiger partial charge is 0.417 e. The SMILES string of the molecule is OCc1nccc2c(C(F)(F)F)cccc12. The maximum atomic E-state index is 12.7. The van der Waals surface area contributed by atoms with Gasteiger partial charge in [-0.25, -0.2) is 0 Å². The number of hydrogen-bond donors (Lipinski definition) is 1. The number of alkyl halides is 3. The van der Waals surface area contributed by atoms with Crippen molar-refractivity contribution in [1.29, 1.82) is 0 Å². The van der Waals surface area contributed by atoms with Crippen LogP contribution in [-0.4, -0.2) is 10.1 Å². The van der Waals surface area contributed by atoms with Gasteiger partial charge in [0.2, 0.25) is 0 Å². The number of benzene rings is 1. The van der Waals surface area contributed by atoms with Crippen molar-refractivity contribution < 1.29 is 18.3 Å². The molecule has 0 fully saturated rings. The smallest absolute Gasteiger partial charge is 0.390 e. The maximum absolute atomic E-state index is 12.7. The minimum Gasteiger partial charge on any atom is -0.390 e. The Kier molecular flexibility index (Phi) is 2.55. The molecule has 5 heteroatoms. The number of fused-ring (bicyclic) bond motifs is 1. The molecule has 2 nitrogen and oxygen atoms in total. The third kappa shape index (κ3) is 1.74. The summed E-state index contributed by atoms with van der Waals surface area (Å²) in [6, 6.07) is 5.15. The van der Waals surface area contributed by atoms with E-state index >= 15 is 0 Å². The summed E-state index contributed by atoms with van der Waals surface area (Å²) >= 11 is 0. The summed E-state index contributed by atoms with van der Waals surface area (Å²) in [6.45, 7) is -0.376. The van der Waals surface area contributed by atoms with E-state index in [9.17, 15) is 13.2 Å². The summed E-state index contributed by atoms with van der Waals surface area (Å²) in [4.78, 5) is 3.83. The molecule has 0 atom stereocenters. The number of aliphatic hydroxyl groups is 1. The van der Waals surface area contributed by atoms with Crippen LogP contribution in [0.4, 0.5) is 13.2 Å². The molecule has 0 radical (unpaired) electrons. The fourth-order valence-corrected chi connectivity index (χ4v) is 1.64. The number of aromatic nitrogens is 1. The predicted octanol–water partition coefficient (Wildman–Crippen LogP) is 2.75. The Hall–Kier alpha value is -1.62. The standard InChI is InChI=1S/C11H8F3NO/c12-11(13,14)9-3-1-2-8-7(9)4-5-15-10(8)6-16/h1-5,16H,6H2. The number of rotatable bonds is 1. The van der Waals surface area contributed by atoms with Crippen LogP contribution in [0, 0.1) is 0 Å². The van der Waals surface area contributed by atoms with Crippen LogP contribution >= 0.6 is 0 Å². The van der Waals surface area contributed by atoms with Gasteiger partial charge in [-0.15, -0.1) is 0 Å². The van der Waals surface area contributed by atoms with Crippen molar-refractivity contribution in [2.75, 3.05) is 0 Å². The number of hydrogen-bond acceptors (Lipinski definition) is 2. The molecule has 0 bridgehead atoms. The summed E-state index contributed by atoms with van der Waals surface area (Å²) in [7, 11) is 0. The highest BCUT2D eigenvalue weighted by atomic mass is 19.4. The van der Waals surface area contributed by atoms with Crippen molar-refractivity contribution in [1.82, 2.24) is 4.98 Å². The molecule has 2 rings (SSSR count). The van der Waals surface area contributed by atoms with Crippen molar-refractivity contribution in [3.63, 3.8) is 0 Å². The lowest BCUT2D eigenvalue weighted by molar-refractivity contribution is -0.136. The predicted molar refractivity (Wildman–Crippen MR) is 52.7 cm³/mol. The first-order valence-electron chi connectivity index (χ1n) is 4.58. The van der Waals surface area contributed by atoms with Crippen molar-refractivity contribution in [2.24, 2.45) is 0 Å². The van der Waals surface area contributed by atoms with Gasteiger partial charge in [-0.3, -0.25) is 4.98 Å². The summed E-state index contributed by atoms with van der Waals surface area (Å²) in [5.74, 6) is 0. The average Bonchev–Trinajstić information content (AvgIpc) is 2.26. The molecule has 0 aliphatic heterocycles. The second kappa shape index (κ2) is 3.75. The third-order valence-corrected chi connectivity index (χ3v) is 2.34. The van der Waals surface area contributed by atoms with Crippen LogP contribution in [0.15, 0.2) is 30.5 Å². The van der Waals surface area contributed by atoms with Crippen LogP contribution in [-0.2, 0) is 12.8 Å². The lowest BCUT2D eigenvalue weighted by Crippen LogP contribution is -2.06. The van der Waals surface area contributed by atoms with Crippen molar-refractivity contribution in [3.05, 3.63) is 41.7 Å². The zero-order valence-electron chi connectivity index (χ0n) is 8.12. The molecule has 0 amide bonds. The fraction of sp³-hybridized carbons (Fsp3) is 0.182. The van der Waals surface area contributed by atoms with Gasteiger partial charge in [0.15, 0.2) is 0 Å². The second-order valence-electron chi connectivity index (χ2n) is 3.31. The van der Waals surface area contributed by atoms with Crippen LogP contribution in [0.5, 0.6) is 0 Å². The Morgan fingerprint density at radius 3 is 2.50 bits per heavy atom. The van der Waals surface area contributed by atoms with E-state index in [4.69, 9.17) is 5.11 Å². The lowest BCUT2D eigenvalue weighted by atomic mass is 10.0. The monoisotopic (exact) mass is 227 g/mol. The number of nitrogens with zero attached hydrogens (tertiary/aromatic N) is 1. The number of aliphatic hydroxyl groups excluding tert-OH is 1. The van der Waals surface area contributed by atoms with Gasteiger partial charge in [-0.2, -0.15) is 13.2 Å². The van der Waals surface area contributed by atoms with Gasteiger partial charge in [0.1, 0.15) is 0 Å². The number of pyridine rings is 1. The minimum atomic E-state index is -4.40. The van der Waals surface area contributed by atoms with E-state index in [0.29, 0.717) is 5.39 Å². The summed E-state index contributed by atoms with van der Waals surface area (Å²) in [5, 5.41) is 9.38. The molecule has 2 aromatic rings. The fourth-order valence-electron chi connectivity index (χ4n) is 1.64. The van der Waals surface area contributed by atoms with Crippen molar-refractivity contribution in [2.45, 2.75) is 12.8 Å². The van der Waals surface area contributed by atoms with Gasteiger partial charge in [-0.05, 0) is 17.5 Å². The first-order valence-corrected chi connectivity index (χ1v) is 4.58. The van der Waals surface area contributed by atoms with Gasteiger partial charge in [0.05, 0.1) is 17.9 Å². The highest BCUT2D eigenvalue weighted by Crippen LogP contribution is 2.35. The topological polar surface area (TPSA) is 33.1 Å². The maximum Gasteiger partial charge on any atom is 0.417 e. The first kappa shape index (κ1) is 10.9. The Labute approximate surface area is 89.4 Å². The van der Waals surface area contributed by atoms with Crippen molar-refractivity contribution >= 4 is 10.8 Å². The Morgan fingerprint density at radius 2 is 1.88 bits per heavy atom. The first-order chi connectivity index (χ1) is 7.54. The van der Waals surface area contributed by atoms with Gasteiger partial charge >= 0.3 is 6.18 Å². The second-order valence-corrected chi connectivity index (χ2v) is 3.31. The summed E-state index contributed by atoms with van der Waals surface area (Å²) in [6.07, 6.45) is -3.13. The van der Waals surface area contributed by atoms with Crippen LogP contribution in [0.25, 0.3) is 10.8 Å². The molecule has 0 saturated heterocycles. The minimum absolute atomic E-state index is 0.0639. The van der Waals surface area contributed by atoms with E-state index < -0.39 is 11.7 Å². The molecule has 1 N–H and O–H groups in total. The van der Waals surface area contributed by atoms with E-state index in [1.54, 1.807) is 0 Å². The molecule has 1 aromatic heterocycles. The average molecular weight is 227 g/mol. The van der Waals surface area contributed by atoms with E-state index in [2.05, 4.69) is 4.98 Å². The van der Waals surface area contributed by atoms with E-state index in [0.717, 1.165) is 6.07 Å². The van der Waals surface area contributed by atoms with Crippen LogP contribution in [0.2, 0.25) is 0 Å². The quantitative estimate of drug-likeness (QED) is 0.812. The van der Waals surface area contributed by atoms with Gasteiger partial charge in [-0.1, -0.05) is 12.1 Å². The van der Waals surface area contributed by atoms with Crippen LogP contribution in [0.1, 0.15) is 11.3 Å². The molecule has 0 spiro atoms. The highest BCUT2D eigenvalue weighted by molar-refractivity contribution is 5.87. The normalized spacial score (nSPS) is 12.0. The van der Waals surface area contributed by atoms with Crippen LogP contribution < -0.4 is 0 Å². The Bertz CT molecular complexity index is 522. The van der Waals surface area contributed by atoms with Crippen molar-refractivity contribution in [3.8, 4) is 0 Å². The number of halogens is 3. The van der Waals surface area contributed by atoms with E-state index in [1.807, 2.05) is 0 Å².